The highest BCUT2D eigenvalue weighted by atomic mass is 16.5. The van der Waals surface area contributed by atoms with Crippen LogP contribution in [0.5, 0.6) is 5.75 Å². The Balaban J connectivity index is 1.81. The van der Waals surface area contributed by atoms with Crippen LogP contribution in [0.3, 0.4) is 0 Å². The van der Waals surface area contributed by atoms with E-state index in [2.05, 4.69) is 74.6 Å². The Bertz CT molecular complexity index is 996. The van der Waals surface area contributed by atoms with Crippen LogP contribution < -0.4 is 10.1 Å². The largest absolute Gasteiger partial charge is 0.496 e. The van der Waals surface area contributed by atoms with Gasteiger partial charge in [-0.05, 0) is 19.9 Å². The molecule has 0 aromatic heterocycles. The predicted molar refractivity (Wildman–Crippen MR) is 120 cm³/mol. The molecule has 4 atom stereocenters. The van der Waals surface area contributed by atoms with Gasteiger partial charge in [0.15, 0.2) is 0 Å². The average Bonchev–Trinajstić information content (AvgIpc) is 2.77. The molecule has 1 aliphatic rings. The van der Waals surface area contributed by atoms with E-state index < -0.39 is 5.60 Å². The summed E-state index contributed by atoms with van der Waals surface area (Å²) >= 11 is 0. The van der Waals surface area contributed by atoms with Gasteiger partial charge in [-0.2, -0.15) is 0 Å². The van der Waals surface area contributed by atoms with E-state index >= 15 is 0 Å². The normalized spacial score (nSPS) is 26.4. The summed E-state index contributed by atoms with van der Waals surface area (Å²) < 4.78 is 5.66. The minimum atomic E-state index is -0.994. The molecule has 0 spiro atoms. The first-order valence-corrected chi connectivity index (χ1v) is 10.8. The Morgan fingerprint density at radius 2 is 1.43 bits per heavy atom. The van der Waals surface area contributed by atoms with Crippen molar-refractivity contribution in [2.24, 2.45) is 5.92 Å². The molecule has 156 valence electrons. The lowest BCUT2D eigenvalue weighted by Gasteiger charge is -2.45. The smallest absolute Gasteiger partial charge is 0.124 e. The van der Waals surface area contributed by atoms with E-state index in [1.165, 1.54) is 22.3 Å². The highest BCUT2D eigenvalue weighted by Crippen LogP contribution is 2.47. The highest BCUT2D eigenvalue weighted by molar-refractivity contribution is 5.40. The molecule has 30 heavy (non-hydrogen) atoms. The summed E-state index contributed by atoms with van der Waals surface area (Å²) in [4.78, 5) is 0. The fraction of sp³-hybridized carbons (Fsp3) is 0.333. The van der Waals surface area contributed by atoms with Gasteiger partial charge in [0.05, 0.1) is 7.11 Å². The van der Waals surface area contributed by atoms with Gasteiger partial charge in [0.2, 0.25) is 0 Å². The van der Waals surface area contributed by atoms with E-state index in [0.717, 1.165) is 11.3 Å². The van der Waals surface area contributed by atoms with Crippen LogP contribution in [0.25, 0.3) is 0 Å². The van der Waals surface area contributed by atoms with Gasteiger partial charge in [-0.1, -0.05) is 84.8 Å². The van der Waals surface area contributed by atoms with E-state index in [-0.39, 0.29) is 18.0 Å². The molecule has 1 aliphatic heterocycles. The fourth-order valence-electron chi connectivity index (χ4n) is 4.89. The molecule has 1 heterocycles. The maximum atomic E-state index is 12.2. The number of ether oxygens (including phenoxy) is 1. The van der Waals surface area contributed by atoms with Gasteiger partial charge in [-0.15, -0.1) is 0 Å². The van der Waals surface area contributed by atoms with E-state index in [0.29, 0.717) is 6.42 Å². The van der Waals surface area contributed by atoms with Crippen molar-refractivity contribution in [2.75, 3.05) is 7.11 Å². The van der Waals surface area contributed by atoms with Gasteiger partial charge in [0.1, 0.15) is 23.4 Å². The Kier molecular flexibility index (Phi) is 5.68. The summed E-state index contributed by atoms with van der Waals surface area (Å²) in [6.07, 6.45) is 0.639. The lowest BCUT2D eigenvalue weighted by atomic mass is 9.68. The molecule has 3 aromatic carbocycles. The third-order valence-electron chi connectivity index (χ3n) is 6.80. The maximum absolute atomic E-state index is 12.2. The Hall–Kier alpha value is -2.62. The van der Waals surface area contributed by atoms with E-state index in [9.17, 15) is 5.11 Å². The van der Waals surface area contributed by atoms with Crippen molar-refractivity contribution in [1.82, 2.24) is 0 Å². The van der Waals surface area contributed by atoms with Gasteiger partial charge < -0.3 is 15.2 Å². The van der Waals surface area contributed by atoms with Gasteiger partial charge >= 0.3 is 0 Å². The third-order valence-corrected chi connectivity index (χ3v) is 6.80. The Morgan fingerprint density at radius 1 is 0.867 bits per heavy atom. The Labute approximate surface area is 179 Å². The van der Waals surface area contributed by atoms with Crippen LogP contribution in [0.1, 0.15) is 53.2 Å². The molecule has 3 N–H and O–H groups in total. The third kappa shape index (κ3) is 3.76. The summed E-state index contributed by atoms with van der Waals surface area (Å²) in [7, 11) is 1.68. The molecule has 0 saturated carbocycles. The summed E-state index contributed by atoms with van der Waals surface area (Å²) in [5.74, 6) is 0.761. The fourth-order valence-corrected chi connectivity index (χ4v) is 4.89. The number of benzene rings is 3. The van der Waals surface area contributed by atoms with Crippen molar-refractivity contribution < 1.29 is 15.2 Å². The molecule has 0 amide bonds. The first kappa shape index (κ1) is 20.6. The number of rotatable bonds is 4. The van der Waals surface area contributed by atoms with Crippen molar-refractivity contribution in [3.8, 4) is 5.75 Å². The first-order valence-electron chi connectivity index (χ1n) is 10.8. The molecule has 0 bridgehead atoms. The number of nitrogens with two attached hydrogens (primary N) is 1. The number of hydrogen-bond acceptors (Lipinski definition) is 2. The number of hydrogen-bond donors (Lipinski definition) is 2. The molecule has 4 rings (SSSR count). The number of aryl methyl sites for hydroxylation is 2. The van der Waals surface area contributed by atoms with Crippen LogP contribution in [0.4, 0.5) is 0 Å². The minimum absolute atomic E-state index is 0.0122. The van der Waals surface area contributed by atoms with Crippen LogP contribution in [-0.2, 0) is 5.60 Å². The van der Waals surface area contributed by atoms with E-state index in [4.69, 9.17) is 4.74 Å². The number of aliphatic hydroxyl groups is 1. The predicted octanol–water partition coefficient (Wildman–Crippen LogP) is 4.59. The zero-order valence-corrected chi connectivity index (χ0v) is 18.3. The second-order valence-electron chi connectivity index (χ2n) is 8.76. The number of quaternary nitrogens is 1. The quantitative estimate of drug-likeness (QED) is 0.671. The zero-order valence-electron chi connectivity index (χ0n) is 18.3. The number of piperidine rings is 1. The van der Waals surface area contributed by atoms with Crippen LogP contribution in [0, 0.1) is 19.8 Å². The van der Waals surface area contributed by atoms with Crippen molar-refractivity contribution in [1.29, 1.82) is 0 Å². The van der Waals surface area contributed by atoms with Crippen LogP contribution in [0.2, 0.25) is 0 Å². The van der Waals surface area contributed by atoms with Crippen molar-refractivity contribution in [3.05, 3.63) is 101 Å². The molecule has 1 fully saturated rings. The number of methoxy groups -OCH3 is 1. The molecule has 3 heteroatoms. The van der Waals surface area contributed by atoms with Crippen LogP contribution in [0.15, 0.2) is 72.8 Å². The second-order valence-corrected chi connectivity index (χ2v) is 8.76. The van der Waals surface area contributed by atoms with Gasteiger partial charge in [-0.25, -0.2) is 0 Å². The molecule has 0 aliphatic carbocycles. The number of para-hydroxylation sites is 1. The van der Waals surface area contributed by atoms with Gasteiger partial charge in [0, 0.05) is 29.0 Å². The van der Waals surface area contributed by atoms with Crippen molar-refractivity contribution in [2.45, 2.75) is 44.9 Å². The molecule has 0 radical (unpaired) electrons. The molecule has 3 nitrogen and oxygen atoms in total. The lowest BCUT2D eigenvalue weighted by molar-refractivity contribution is -0.757. The summed E-state index contributed by atoms with van der Waals surface area (Å²) in [6.45, 7) is 6.38. The zero-order chi connectivity index (χ0) is 21.3. The molecule has 3 aromatic rings. The summed E-state index contributed by atoms with van der Waals surface area (Å²) in [5.41, 5.74) is 4.88. The van der Waals surface area contributed by atoms with Gasteiger partial charge in [-0.3, -0.25) is 0 Å². The van der Waals surface area contributed by atoms with Crippen molar-refractivity contribution >= 4 is 0 Å². The minimum Gasteiger partial charge on any atom is -0.496 e. The maximum Gasteiger partial charge on any atom is 0.124 e. The monoisotopic (exact) mass is 402 g/mol. The molecular formula is C27H32NO2+. The van der Waals surface area contributed by atoms with Gasteiger partial charge in [0.25, 0.3) is 0 Å². The average molecular weight is 403 g/mol. The molecular weight excluding hydrogens is 370 g/mol. The lowest BCUT2D eigenvalue weighted by Crippen LogP contribution is -2.91. The van der Waals surface area contributed by atoms with E-state index in [1.54, 1.807) is 7.11 Å². The first-order chi connectivity index (χ1) is 14.4. The SMILES string of the molecule is COc1ccccc1[C@]1(O)C[C@@H](c2ccc(C)cc2)[NH2+][C@@H](c2ccc(C)cc2)[C@H]1C. The summed E-state index contributed by atoms with van der Waals surface area (Å²) in [5, 5.41) is 14.6. The standard InChI is InChI=1S/C27H31NO2/c1-18-9-13-21(14-10-18)24-17-27(29,23-7-5-6-8-25(23)30-4)20(3)26(28-24)22-15-11-19(2)12-16-22/h5-16,20,24,26,28-29H,17H2,1-4H3/p+1/t20-,24+,26-,27+/m1/s1. The topological polar surface area (TPSA) is 46.1 Å². The van der Waals surface area contributed by atoms with E-state index in [1.807, 2.05) is 24.3 Å². The second kappa shape index (κ2) is 8.25. The van der Waals surface area contributed by atoms with Crippen LogP contribution >= 0.6 is 0 Å². The molecule has 0 unspecified atom stereocenters. The molecule has 1 saturated heterocycles. The Morgan fingerprint density at radius 3 is 2.03 bits per heavy atom. The highest BCUT2D eigenvalue weighted by Gasteiger charge is 2.51. The summed E-state index contributed by atoms with van der Waals surface area (Å²) in [6, 6.07) is 25.6. The van der Waals surface area contributed by atoms with Crippen molar-refractivity contribution in [3.63, 3.8) is 0 Å². The van der Waals surface area contributed by atoms with Crippen LogP contribution in [-0.4, -0.2) is 12.2 Å².